The Morgan fingerprint density at radius 2 is 2.20 bits per heavy atom. The molecule has 0 aliphatic heterocycles. The summed E-state index contributed by atoms with van der Waals surface area (Å²) in [6.45, 7) is 0. The summed E-state index contributed by atoms with van der Waals surface area (Å²) < 4.78 is 2.07. The first-order valence-corrected chi connectivity index (χ1v) is 6.80. The second-order valence-electron chi connectivity index (χ2n) is 3.74. The Morgan fingerprint density at radius 1 is 1.47 bits per heavy atom. The van der Waals surface area contributed by atoms with Gasteiger partial charge in [0.25, 0.3) is 0 Å². The molecule has 1 aliphatic rings. The number of anilines is 1. The Balaban J connectivity index is 2.09. The minimum absolute atomic E-state index is 0.156. The van der Waals surface area contributed by atoms with Crippen molar-refractivity contribution in [1.82, 2.24) is 0 Å². The van der Waals surface area contributed by atoms with Gasteiger partial charge in [-0.25, -0.2) is 0 Å². The number of amides is 1. The minimum atomic E-state index is 0.156. The first-order valence-electron chi connectivity index (χ1n) is 4.93. The van der Waals surface area contributed by atoms with Gasteiger partial charge >= 0.3 is 0 Å². The fourth-order valence-corrected chi connectivity index (χ4v) is 2.34. The fraction of sp³-hybridized carbons (Fsp3) is 0.364. The smallest absolute Gasteiger partial charge is 0.227 e. The van der Waals surface area contributed by atoms with Crippen molar-refractivity contribution in [1.29, 1.82) is 0 Å². The molecule has 1 fully saturated rings. The number of hydrogen-bond acceptors (Lipinski definition) is 1. The number of halogens is 2. The largest absolute Gasteiger partial charge is 0.325 e. The molecule has 2 nitrogen and oxygen atoms in total. The third-order valence-electron chi connectivity index (χ3n) is 2.66. The predicted octanol–water partition coefficient (Wildman–Crippen LogP) is 3.79. The minimum Gasteiger partial charge on any atom is -0.325 e. The summed E-state index contributed by atoms with van der Waals surface area (Å²) >= 11 is 5.67. The summed E-state index contributed by atoms with van der Waals surface area (Å²) in [5.74, 6) is 0.388. The lowest BCUT2D eigenvalue weighted by Crippen LogP contribution is -2.28. The lowest BCUT2D eigenvalue weighted by atomic mass is 9.85. The van der Waals surface area contributed by atoms with Crippen LogP contribution in [0.5, 0.6) is 0 Å². The maximum Gasteiger partial charge on any atom is 0.227 e. The van der Waals surface area contributed by atoms with Crippen LogP contribution in [0.2, 0.25) is 0 Å². The molecule has 2 rings (SSSR count). The number of carbonyl (C=O) groups is 1. The molecule has 0 spiro atoms. The van der Waals surface area contributed by atoms with E-state index >= 15 is 0 Å². The van der Waals surface area contributed by atoms with Gasteiger partial charge in [0, 0.05) is 14.0 Å². The van der Waals surface area contributed by atoms with Crippen molar-refractivity contribution >= 4 is 50.1 Å². The van der Waals surface area contributed by atoms with Gasteiger partial charge in [0.05, 0.1) is 5.69 Å². The van der Waals surface area contributed by atoms with Gasteiger partial charge in [-0.05, 0) is 69.6 Å². The van der Waals surface area contributed by atoms with E-state index < -0.39 is 0 Å². The molecule has 1 aromatic rings. The van der Waals surface area contributed by atoms with Gasteiger partial charge < -0.3 is 5.32 Å². The zero-order valence-electron chi connectivity index (χ0n) is 8.09. The predicted molar refractivity (Wildman–Crippen MR) is 72.8 cm³/mol. The molecule has 1 saturated carbocycles. The van der Waals surface area contributed by atoms with Crippen molar-refractivity contribution < 1.29 is 4.79 Å². The van der Waals surface area contributed by atoms with E-state index in [0.717, 1.165) is 26.6 Å². The quantitative estimate of drug-likeness (QED) is 0.778. The first-order chi connectivity index (χ1) is 7.16. The van der Waals surface area contributed by atoms with Crippen LogP contribution in [-0.4, -0.2) is 5.91 Å². The summed E-state index contributed by atoms with van der Waals surface area (Å²) in [5, 5.41) is 2.96. The third kappa shape index (κ3) is 2.72. The Bertz CT molecular complexity index is 390. The van der Waals surface area contributed by atoms with Crippen LogP contribution in [0.1, 0.15) is 19.3 Å². The standard InChI is InChI=1S/C11H11BrINO/c12-9-5-4-8(13)6-10(9)14-11(15)7-2-1-3-7/h4-7H,1-3H2,(H,14,15). The molecule has 0 saturated heterocycles. The van der Waals surface area contributed by atoms with Crippen LogP contribution < -0.4 is 5.32 Å². The Morgan fingerprint density at radius 3 is 2.80 bits per heavy atom. The molecule has 0 unspecified atom stereocenters. The van der Waals surface area contributed by atoms with Crippen molar-refractivity contribution in [2.75, 3.05) is 5.32 Å². The molecule has 0 radical (unpaired) electrons. The molecular weight excluding hydrogens is 369 g/mol. The molecule has 80 valence electrons. The Hall–Kier alpha value is -0.100. The van der Waals surface area contributed by atoms with Crippen LogP contribution in [0.4, 0.5) is 5.69 Å². The maximum atomic E-state index is 11.7. The molecule has 1 amide bonds. The van der Waals surface area contributed by atoms with E-state index in [1.165, 1.54) is 6.42 Å². The van der Waals surface area contributed by atoms with E-state index in [9.17, 15) is 4.79 Å². The number of hydrogen-bond donors (Lipinski definition) is 1. The average molecular weight is 380 g/mol. The molecule has 0 bridgehead atoms. The molecule has 1 N–H and O–H groups in total. The van der Waals surface area contributed by atoms with Crippen LogP contribution in [-0.2, 0) is 4.79 Å². The van der Waals surface area contributed by atoms with Crippen molar-refractivity contribution in [3.05, 3.63) is 26.2 Å². The van der Waals surface area contributed by atoms with Crippen molar-refractivity contribution in [2.24, 2.45) is 5.92 Å². The maximum absolute atomic E-state index is 11.7. The topological polar surface area (TPSA) is 29.1 Å². The normalized spacial score (nSPS) is 15.9. The summed E-state index contributed by atoms with van der Waals surface area (Å²) in [6, 6.07) is 5.93. The van der Waals surface area contributed by atoms with Crippen molar-refractivity contribution in [2.45, 2.75) is 19.3 Å². The molecule has 1 aliphatic carbocycles. The van der Waals surface area contributed by atoms with Crippen LogP contribution in [0.3, 0.4) is 0 Å². The van der Waals surface area contributed by atoms with Gasteiger partial charge in [0.15, 0.2) is 0 Å². The lowest BCUT2D eigenvalue weighted by Gasteiger charge is -2.24. The Kier molecular flexibility index (Phi) is 3.66. The van der Waals surface area contributed by atoms with Crippen molar-refractivity contribution in [3.63, 3.8) is 0 Å². The number of nitrogens with one attached hydrogen (secondary N) is 1. The second-order valence-corrected chi connectivity index (χ2v) is 5.84. The number of carbonyl (C=O) groups excluding carboxylic acids is 1. The number of rotatable bonds is 2. The number of benzene rings is 1. The van der Waals surface area contributed by atoms with Crippen LogP contribution in [0, 0.1) is 9.49 Å². The molecule has 0 atom stereocenters. The van der Waals surface area contributed by atoms with Gasteiger partial charge in [-0.3, -0.25) is 4.79 Å². The van der Waals surface area contributed by atoms with Crippen LogP contribution in [0.25, 0.3) is 0 Å². The summed E-state index contributed by atoms with van der Waals surface area (Å²) in [5.41, 5.74) is 0.874. The van der Waals surface area contributed by atoms with E-state index in [4.69, 9.17) is 0 Å². The van der Waals surface area contributed by atoms with E-state index in [1.54, 1.807) is 0 Å². The van der Waals surface area contributed by atoms with Gasteiger partial charge in [-0.15, -0.1) is 0 Å². The fourth-order valence-electron chi connectivity index (χ4n) is 1.50. The highest BCUT2D eigenvalue weighted by Crippen LogP contribution is 2.30. The van der Waals surface area contributed by atoms with Crippen molar-refractivity contribution in [3.8, 4) is 0 Å². The van der Waals surface area contributed by atoms with Gasteiger partial charge in [0.1, 0.15) is 0 Å². The molecule has 0 heterocycles. The Labute approximate surface area is 111 Å². The van der Waals surface area contributed by atoms with Gasteiger partial charge in [-0.2, -0.15) is 0 Å². The van der Waals surface area contributed by atoms with Gasteiger partial charge in [0.2, 0.25) is 5.91 Å². The monoisotopic (exact) mass is 379 g/mol. The summed E-state index contributed by atoms with van der Waals surface area (Å²) in [6.07, 6.45) is 3.26. The highest BCUT2D eigenvalue weighted by molar-refractivity contribution is 14.1. The lowest BCUT2D eigenvalue weighted by molar-refractivity contribution is -0.122. The highest BCUT2D eigenvalue weighted by atomic mass is 127. The van der Waals surface area contributed by atoms with Crippen LogP contribution >= 0.6 is 38.5 Å². The van der Waals surface area contributed by atoms with Crippen LogP contribution in [0.15, 0.2) is 22.7 Å². The van der Waals surface area contributed by atoms with E-state index in [-0.39, 0.29) is 11.8 Å². The van der Waals surface area contributed by atoms with E-state index in [1.807, 2.05) is 18.2 Å². The second kappa shape index (κ2) is 4.82. The first kappa shape index (κ1) is 11.4. The van der Waals surface area contributed by atoms with E-state index in [0.29, 0.717) is 0 Å². The summed E-state index contributed by atoms with van der Waals surface area (Å²) in [4.78, 5) is 11.7. The zero-order valence-corrected chi connectivity index (χ0v) is 11.8. The SMILES string of the molecule is O=C(Nc1cc(I)ccc1Br)C1CCC1. The van der Waals surface area contributed by atoms with E-state index in [2.05, 4.69) is 43.8 Å². The molecule has 4 heteroatoms. The molecule has 0 aromatic heterocycles. The summed E-state index contributed by atoms with van der Waals surface area (Å²) in [7, 11) is 0. The average Bonchev–Trinajstić information content (AvgIpc) is 2.08. The van der Waals surface area contributed by atoms with Gasteiger partial charge in [-0.1, -0.05) is 6.42 Å². The third-order valence-corrected chi connectivity index (χ3v) is 4.02. The molecule has 1 aromatic carbocycles. The molecule has 15 heavy (non-hydrogen) atoms. The zero-order chi connectivity index (χ0) is 10.8. The molecular formula is C11H11BrINO. The highest BCUT2D eigenvalue weighted by Gasteiger charge is 2.25.